The van der Waals surface area contributed by atoms with E-state index < -0.39 is 29.4 Å². The van der Waals surface area contributed by atoms with Crippen LogP contribution in [0.1, 0.15) is 70.3 Å². The summed E-state index contributed by atoms with van der Waals surface area (Å²) < 4.78 is 66.8. The van der Waals surface area contributed by atoms with E-state index in [-0.39, 0.29) is 0 Å². The van der Waals surface area contributed by atoms with E-state index in [2.05, 4.69) is 25.1 Å². The van der Waals surface area contributed by atoms with Gasteiger partial charge >= 0.3 is 6.11 Å². The van der Waals surface area contributed by atoms with Gasteiger partial charge in [-0.05, 0) is 92.9 Å². The molecule has 0 spiro atoms. The van der Waals surface area contributed by atoms with Crippen LogP contribution in [0.15, 0.2) is 54.1 Å². The van der Waals surface area contributed by atoms with Crippen molar-refractivity contribution in [3.8, 4) is 11.5 Å². The molecule has 0 saturated heterocycles. The van der Waals surface area contributed by atoms with Crippen LogP contribution >= 0.6 is 0 Å². The smallest absolute Gasteiger partial charge is 0.400 e. The SMILES string of the molecule is CCCCc1ccc(OCC2=CCC(C3CCC(C(F)(F)Oc4cc(F)cc(F)c4)CC3)CC2)cc1. The fourth-order valence-electron chi connectivity index (χ4n) is 5.53. The van der Waals surface area contributed by atoms with E-state index in [1.54, 1.807) is 0 Å². The summed E-state index contributed by atoms with van der Waals surface area (Å²) >= 11 is 0. The normalized spacial score (nSPS) is 22.7. The molecule has 0 bridgehead atoms. The summed E-state index contributed by atoms with van der Waals surface area (Å²) in [4.78, 5) is 0. The second kappa shape index (κ2) is 12.2. The Kier molecular flexibility index (Phi) is 8.97. The molecule has 0 amide bonds. The second-order valence-electron chi connectivity index (χ2n) is 10.3. The van der Waals surface area contributed by atoms with E-state index in [9.17, 15) is 17.6 Å². The zero-order valence-corrected chi connectivity index (χ0v) is 21.0. The molecule has 2 aliphatic carbocycles. The molecule has 0 aliphatic heterocycles. The lowest BCUT2D eigenvalue weighted by Gasteiger charge is -2.37. The number of allylic oxidation sites excluding steroid dienone is 1. The first kappa shape index (κ1) is 26.6. The number of hydrogen-bond donors (Lipinski definition) is 0. The van der Waals surface area contributed by atoms with Crippen molar-refractivity contribution >= 4 is 0 Å². The molecule has 1 atom stereocenters. The van der Waals surface area contributed by atoms with Crippen LogP contribution in [0.4, 0.5) is 17.6 Å². The van der Waals surface area contributed by atoms with Crippen molar-refractivity contribution in [1.29, 1.82) is 0 Å². The minimum atomic E-state index is -3.45. The maximum absolute atomic E-state index is 14.7. The summed E-state index contributed by atoms with van der Waals surface area (Å²) in [6.07, 6.45) is 7.42. The molecule has 2 nitrogen and oxygen atoms in total. The van der Waals surface area contributed by atoms with Crippen LogP contribution in [0, 0.1) is 29.4 Å². The Labute approximate surface area is 211 Å². The van der Waals surface area contributed by atoms with Gasteiger partial charge in [0.1, 0.15) is 29.7 Å². The summed E-state index contributed by atoms with van der Waals surface area (Å²) in [5.41, 5.74) is 2.64. The maximum Gasteiger partial charge on any atom is 0.400 e. The van der Waals surface area contributed by atoms with Crippen LogP contribution in [0.2, 0.25) is 0 Å². The third-order valence-electron chi connectivity index (χ3n) is 7.72. The van der Waals surface area contributed by atoms with Crippen molar-refractivity contribution in [3.63, 3.8) is 0 Å². The summed E-state index contributed by atoms with van der Waals surface area (Å²) in [6.45, 7) is 2.79. The van der Waals surface area contributed by atoms with Crippen LogP contribution in [0.3, 0.4) is 0 Å². The van der Waals surface area contributed by atoms with Gasteiger partial charge in [-0.15, -0.1) is 0 Å². The lowest BCUT2D eigenvalue weighted by molar-refractivity contribution is -0.224. The molecule has 0 radical (unpaired) electrons. The topological polar surface area (TPSA) is 18.5 Å². The molecule has 4 rings (SSSR count). The van der Waals surface area contributed by atoms with Crippen LogP contribution in [-0.4, -0.2) is 12.7 Å². The van der Waals surface area contributed by atoms with Crippen molar-refractivity contribution in [2.24, 2.45) is 17.8 Å². The molecule has 6 heteroatoms. The minimum absolute atomic E-state index is 0.347. The second-order valence-corrected chi connectivity index (χ2v) is 10.3. The minimum Gasteiger partial charge on any atom is -0.489 e. The van der Waals surface area contributed by atoms with E-state index in [4.69, 9.17) is 9.47 Å². The first-order valence-corrected chi connectivity index (χ1v) is 13.2. The van der Waals surface area contributed by atoms with Crippen LogP contribution in [0.5, 0.6) is 11.5 Å². The molecule has 2 aromatic rings. The summed E-state index contributed by atoms with van der Waals surface area (Å²) in [5.74, 6) is -1.48. The summed E-state index contributed by atoms with van der Waals surface area (Å²) in [7, 11) is 0. The number of ether oxygens (including phenoxy) is 2. The molecular formula is C30H36F4O2. The van der Waals surface area contributed by atoms with Gasteiger partial charge in [0, 0.05) is 18.2 Å². The molecular weight excluding hydrogens is 468 g/mol. The molecule has 196 valence electrons. The summed E-state index contributed by atoms with van der Waals surface area (Å²) in [5, 5.41) is 0. The lowest BCUT2D eigenvalue weighted by Crippen LogP contribution is -2.38. The zero-order chi connectivity index (χ0) is 25.5. The Morgan fingerprint density at radius 1 is 0.861 bits per heavy atom. The number of hydrogen-bond acceptors (Lipinski definition) is 2. The molecule has 2 aliphatic rings. The van der Waals surface area contributed by atoms with Crippen LogP contribution in [0.25, 0.3) is 0 Å². The average molecular weight is 505 g/mol. The molecule has 0 heterocycles. The van der Waals surface area contributed by atoms with E-state index in [0.717, 1.165) is 56.4 Å². The van der Waals surface area contributed by atoms with E-state index in [1.807, 2.05) is 12.1 Å². The van der Waals surface area contributed by atoms with Crippen molar-refractivity contribution in [1.82, 2.24) is 0 Å². The molecule has 2 aromatic carbocycles. The van der Waals surface area contributed by atoms with E-state index in [1.165, 1.54) is 24.0 Å². The Bertz CT molecular complexity index is 990. The van der Waals surface area contributed by atoms with Gasteiger partial charge in [0.05, 0.1) is 5.92 Å². The predicted octanol–water partition coefficient (Wildman–Crippen LogP) is 8.89. The Hall–Kier alpha value is -2.50. The number of benzene rings is 2. The monoisotopic (exact) mass is 504 g/mol. The van der Waals surface area contributed by atoms with Crippen molar-refractivity contribution in [3.05, 3.63) is 71.3 Å². The number of halogens is 4. The van der Waals surface area contributed by atoms with E-state index >= 15 is 0 Å². The fraction of sp³-hybridized carbons (Fsp3) is 0.533. The molecule has 1 unspecified atom stereocenters. The van der Waals surface area contributed by atoms with Gasteiger partial charge in [-0.25, -0.2) is 8.78 Å². The molecule has 1 saturated carbocycles. The third kappa shape index (κ3) is 7.27. The Morgan fingerprint density at radius 3 is 2.17 bits per heavy atom. The molecule has 0 N–H and O–H groups in total. The van der Waals surface area contributed by atoms with Crippen LogP contribution in [-0.2, 0) is 6.42 Å². The highest BCUT2D eigenvalue weighted by Crippen LogP contribution is 2.44. The average Bonchev–Trinajstić information content (AvgIpc) is 2.86. The Morgan fingerprint density at radius 2 is 1.56 bits per heavy atom. The van der Waals surface area contributed by atoms with Gasteiger partial charge in [-0.1, -0.05) is 31.6 Å². The van der Waals surface area contributed by atoms with Crippen molar-refractivity contribution in [2.45, 2.75) is 77.2 Å². The van der Waals surface area contributed by atoms with Crippen molar-refractivity contribution in [2.75, 3.05) is 6.61 Å². The first-order chi connectivity index (χ1) is 17.3. The quantitative estimate of drug-likeness (QED) is 0.238. The number of rotatable bonds is 10. The van der Waals surface area contributed by atoms with Crippen LogP contribution < -0.4 is 9.47 Å². The first-order valence-electron chi connectivity index (χ1n) is 13.2. The predicted molar refractivity (Wildman–Crippen MR) is 133 cm³/mol. The maximum atomic E-state index is 14.7. The van der Waals surface area contributed by atoms with Gasteiger partial charge in [-0.2, -0.15) is 8.78 Å². The Balaban J connectivity index is 1.21. The van der Waals surface area contributed by atoms with Crippen molar-refractivity contribution < 1.29 is 27.0 Å². The third-order valence-corrected chi connectivity index (χ3v) is 7.72. The fourth-order valence-corrected chi connectivity index (χ4v) is 5.53. The number of aryl methyl sites for hydroxylation is 1. The highest BCUT2D eigenvalue weighted by Gasteiger charge is 2.45. The van der Waals surface area contributed by atoms with Gasteiger partial charge < -0.3 is 9.47 Å². The molecule has 1 fully saturated rings. The number of alkyl halides is 2. The van der Waals surface area contributed by atoms with Gasteiger partial charge in [0.2, 0.25) is 0 Å². The van der Waals surface area contributed by atoms with Gasteiger partial charge in [0.15, 0.2) is 0 Å². The highest BCUT2D eigenvalue weighted by atomic mass is 19.3. The van der Waals surface area contributed by atoms with E-state index in [0.29, 0.717) is 37.4 Å². The summed E-state index contributed by atoms with van der Waals surface area (Å²) in [6, 6.07) is 10.6. The standard InChI is InChI=1S/C30H36F4O2/c1-2-3-4-21-7-15-28(16-8-21)35-20-22-5-9-23(10-6-22)24-11-13-25(14-12-24)30(33,34)36-29-18-26(31)17-27(32)19-29/h5,7-8,15-19,23-25H,2-4,6,9-14,20H2,1H3. The van der Waals surface area contributed by atoms with Gasteiger partial charge in [0.25, 0.3) is 0 Å². The largest absolute Gasteiger partial charge is 0.489 e. The van der Waals surface area contributed by atoms with Gasteiger partial charge in [-0.3, -0.25) is 0 Å². The molecule has 36 heavy (non-hydrogen) atoms. The number of unbranched alkanes of at least 4 members (excludes halogenated alkanes) is 1. The highest BCUT2D eigenvalue weighted by molar-refractivity contribution is 5.28. The lowest BCUT2D eigenvalue weighted by atomic mass is 9.71. The zero-order valence-electron chi connectivity index (χ0n) is 21.0. The molecule has 0 aromatic heterocycles.